The lowest BCUT2D eigenvalue weighted by atomic mass is 10.1. The first-order chi connectivity index (χ1) is 9.74. The Bertz CT molecular complexity index is 493. The van der Waals surface area contributed by atoms with Crippen LogP contribution >= 0.6 is 11.3 Å². The molecule has 2 nitrogen and oxygen atoms in total. The summed E-state index contributed by atoms with van der Waals surface area (Å²) in [5.74, 6) is 0. The molecule has 0 atom stereocenters. The minimum Gasteiger partial charge on any atom is -0.315 e. The van der Waals surface area contributed by atoms with Crippen LogP contribution in [0.1, 0.15) is 16.7 Å². The van der Waals surface area contributed by atoms with E-state index in [1.807, 2.05) is 0 Å². The molecule has 108 valence electrons. The van der Waals surface area contributed by atoms with Crippen molar-refractivity contribution < 1.29 is 0 Å². The molecule has 20 heavy (non-hydrogen) atoms. The first-order valence-electron chi connectivity index (χ1n) is 7.20. The van der Waals surface area contributed by atoms with Gasteiger partial charge in [-0.25, -0.2) is 0 Å². The van der Waals surface area contributed by atoms with Crippen molar-refractivity contribution in [2.75, 3.05) is 26.7 Å². The largest absolute Gasteiger partial charge is 0.315 e. The molecule has 2 rings (SSSR count). The molecular formula is C17H24N2S. The first kappa shape index (κ1) is 15.2. The van der Waals surface area contributed by atoms with Crippen molar-refractivity contribution in [1.29, 1.82) is 0 Å². The number of likely N-dealkylation sites (N-methyl/N-ethyl adjacent to an activating group) is 1. The normalized spacial score (nSPS) is 11.2. The summed E-state index contributed by atoms with van der Waals surface area (Å²) in [6.07, 6.45) is 1.13. The second kappa shape index (κ2) is 8.20. The minimum absolute atomic E-state index is 1.02. The van der Waals surface area contributed by atoms with Gasteiger partial charge in [-0.1, -0.05) is 29.8 Å². The number of aryl methyl sites for hydroxylation is 1. The van der Waals surface area contributed by atoms with Gasteiger partial charge in [-0.05, 0) is 54.9 Å². The van der Waals surface area contributed by atoms with Crippen LogP contribution in [0.3, 0.4) is 0 Å². The smallest absolute Gasteiger partial charge is 0.0231 e. The molecule has 0 saturated carbocycles. The molecule has 0 amide bonds. The van der Waals surface area contributed by atoms with Crippen LogP contribution in [-0.4, -0.2) is 31.6 Å². The molecule has 0 unspecified atom stereocenters. The van der Waals surface area contributed by atoms with Crippen molar-refractivity contribution in [2.45, 2.75) is 19.9 Å². The Kier molecular flexibility index (Phi) is 6.25. The molecule has 0 radical (unpaired) electrons. The number of benzene rings is 1. The van der Waals surface area contributed by atoms with Crippen molar-refractivity contribution in [3.8, 4) is 0 Å². The van der Waals surface area contributed by atoms with E-state index in [1.54, 1.807) is 11.3 Å². The third-order valence-corrected chi connectivity index (χ3v) is 4.11. The third-order valence-electron chi connectivity index (χ3n) is 3.38. The van der Waals surface area contributed by atoms with E-state index in [1.165, 1.54) is 16.7 Å². The SMILES string of the molecule is Cc1cccc(CN(C)CCNCCc2ccsc2)c1. The second-order valence-electron chi connectivity index (χ2n) is 5.36. The van der Waals surface area contributed by atoms with Gasteiger partial charge in [-0.2, -0.15) is 11.3 Å². The van der Waals surface area contributed by atoms with E-state index in [0.717, 1.165) is 32.6 Å². The Morgan fingerprint density at radius 3 is 2.80 bits per heavy atom. The molecule has 0 saturated heterocycles. The van der Waals surface area contributed by atoms with E-state index in [0.29, 0.717) is 0 Å². The lowest BCUT2D eigenvalue weighted by Crippen LogP contribution is -2.30. The lowest BCUT2D eigenvalue weighted by Gasteiger charge is -2.17. The maximum Gasteiger partial charge on any atom is 0.0231 e. The molecule has 1 aromatic heterocycles. The van der Waals surface area contributed by atoms with E-state index in [-0.39, 0.29) is 0 Å². The highest BCUT2D eigenvalue weighted by Crippen LogP contribution is 2.07. The molecule has 0 bridgehead atoms. The van der Waals surface area contributed by atoms with Gasteiger partial charge in [-0.3, -0.25) is 0 Å². The molecule has 3 heteroatoms. The zero-order valence-electron chi connectivity index (χ0n) is 12.4. The van der Waals surface area contributed by atoms with Gasteiger partial charge in [0.15, 0.2) is 0 Å². The fraction of sp³-hybridized carbons (Fsp3) is 0.412. The molecular weight excluding hydrogens is 264 g/mol. The summed E-state index contributed by atoms with van der Waals surface area (Å²) in [5, 5.41) is 7.89. The van der Waals surface area contributed by atoms with Gasteiger partial charge in [0.2, 0.25) is 0 Å². The van der Waals surface area contributed by atoms with Gasteiger partial charge < -0.3 is 10.2 Å². The summed E-state index contributed by atoms with van der Waals surface area (Å²) < 4.78 is 0. The maximum atomic E-state index is 3.51. The summed E-state index contributed by atoms with van der Waals surface area (Å²) in [6, 6.07) is 11.0. The molecule has 0 aliphatic heterocycles. The molecule has 0 aliphatic rings. The van der Waals surface area contributed by atoms with Gasteiger partial charge in [0.05, 0.1) is 0 Å². The van der Waals surface area contributed by atoms with Crippen LogP contribution in [0.4, 0.5) is 0 Å². The molecule has 0 fully saturated rings. The number of nitrogens with zero attached hydrogens (tertiary/aromatic N) is 1. The van der Waals surface area contributed by atoms with E-state index in [9.17, 15) is 0 Å². The molecule has 0 spiro atoms. The van der Waals surface area contributed by atoms with Crippen LogP contribution in [0.25, 0.3) is 0 Å². The highest BCUT2D eigenvalue weighted by Gasteiger charge is 2.00. The van der Waals surface area contributed by atoms with E-state index < -0.39 is 0 Å². The Balaban J connectivity index is 1.59. The van der Waals surface area contributed by atoms with Crippen molar-refractivity contribution in [1.82, 2.24) is 10.2 Å². The predicted molar refractivity (Wildman–Crippen MR) is 88.4 cm³/mol. The predicted octanol–water partition coefficient (Wildman–Crippen LogP) is 3.32. The Morgan fingerprint density at radius 2 is 2.05 bits per heavy atom. The fourth-order valence-corrected chi connectivity index (χ4v) is 2.97. The second-order valence-corrected chi connectivity index (χ2v) is 6.14. The van der Waals surface area contributed by atoms with Gasteiger partial charge in [0.1, 0.15) is 0 Å². The topological polar surface area (TPSA) is 15.3 Å². The standard InChI is InChI=1S/C17H24N2S/c1-15-4-3-5-17(12-15)13-19(2)10-9-18-8-6-16-7-11-20-14-16/h3-5,7,11-12,14,18H,6,8-10,13H2,1-2H3. The van der Waals surface area contributed by atoms with Crippen LogP contribution in [0.2, 0.25) is 0 Å². The van der Waals surface area contributed by atoms with Crippen LogP contribution in [0.5, 0.6) is 0 Å². The van der Waals surface area contributed by atoms with E-state index in [4.69, 9.17) is 0 Å². The van der Waals surface area contributed by atoms with Gasteiger partial charge >= 0.3 is 0 Å². The highest BCUT2D eigenvalue weighted by molar-refractivity contribution is 7.07. The quantitative estimate of drug-likeness (QED) is 0.750. The average Bonchev–Trinajstić information content (AvgIpc) is 2.91. The zero-order valence-corrected chi connectivity index (χ0v) is 13.2. The van der Waals surface area contributed by atoms with Gasteiger partial charge in [0.25, 0.3) is 0 Å². The zero-order chi connectivity index (χ0) is 14.2. The molecule has 1 aromatic carbocycles. The number of thiophene rings is 1. The lowest BCUT2D eigenvalue weighted by molar-refractivity contribution is 0.325. The number of nitrogens with one attached hydrogen (secondary N) is 1. The molecule has 1 heterocycles. The monoisotopic (exact) mass is 288 g/mol. The van der Waals surface area contributed by atoms with Crippen molar-refractivity contribution in [3.63, 3.8) is 0 Å². The molecule has 2 aromatic rings. The number of hydrogen-bond donors (Lipinski definition) is 1. The van der Waals surface area contributed by atoms with E-state index in [2.05, 4.69) is 65.3 Å². The Labute approximate surface area is 126 Å². The van der Waals surface area contributed by atoms with Crippen molar-refractivity contribution in [2.24, 2.45) is 0 Å². The van der Waals surface area contributed by atoms with Crippen LogP contribution < -0.4 is 5.32 Å². The summed E-state index contributed by atoms with van der Waals surface area (Å²) in [6.45, 7) is 6.36. The van der Waals surface area contributed by atoms with Gasteiger partial charge in [0, 0.05) is 19.6 Å². The highest BCUT2D eigenvalue weighted by atomic mass is 32.1. The van der Waals surface area contributed by atoms with Crippen molar-refractivity contribution >= 4 is 11.3 Å². The average molecular weight is 288 g/mol. The summed E-state index contributed by atoms with van der Waals surface area (Å²) in [7, 11) is 2.18. The van der Waals surface area contributed by atoms with Crippen LogP contribution in [0, 0.1) is 6.92 Å². The van der Waals surface area contributed by atoms with Gasteiger partial charge in [-0.15, -0.1) is 0 Å². The maximum absolute atomic E-state index is 3.51. The molecule has 0 aliphatic carbocycles. The number of hydrogen-bond acceptors (Lipinski definition) is 3. The number of rotatable bonds is 8. The van der Waals surface area contributed by atoms with E-state index >= 15 is 0 Å². The summed E-state index contributed by atoms with van der Waals surface area (Å²) >= 11 is 1.77. The Morgan fingerprint density at radius 1 is 1.15 bits per heavy atom. The summed E-state index contributed by atoms with van der Waals surface area (Å²) in [5.41, 5.74) is 4.17. The fourth-order valence-electron chi connectivity index (χ4n) is 2.26. The molecule has 1 N–H and O–H groups in total. The van der Waals surface area contributed by atoms with Crippen LogP contribution in [0.15, 0.2) is 41.1 Å². The summed E-state index contributed by atoms with van der Waals surface area (Å²) in [4.78, 5) is 2.37. The first-order valence-corrected chi connectivity index (χ1v) is 8.14. The Hall–Kier alpha value is -1.16. The van der Waals surface area contributed by atoms with Crippen LogP contribution in [-0.2, 0) is 13.0 Å². The minimum atomic E-state index is 1.02. The van der Waals surface area contributed by atoms with Crippen molar-refractivity contribution in [3.05, 3.63) is 57.8 Å². The third kappa shape index (κ3) is 5.45.